The van der Waals surface area contributed by atoms with Crippen molar-refractivity contribution in [2.45, 2.75) is 31.8 Å². The maximum Gasteiger partial charge on any atom is 0.212 e. The molecule has 3 atom stereocenters. The summed E-state index contributed by atoms with van der Waals surface area (Å²) in [5, 5.41) is 3.06. The van der Waals surface area contributed by atoms with E-state index in [1.54, 1.807) is 0 Å². The van der Waals surface area contributed by atoms with Gasteiger partial charge in [-0.1, -0.05) is 6.92 Å². The van der Waals surface area contributed by atoms with Crippen molar-refractivity contribution in [3.05, 3.63) is 35.8 Å². The first-order chi connectivity index (χ1) is 13.7. The highest BCUT2D eigenvalue weighted by atomic mass is 16.5. The number of furan rings is 1. The predicted molar refractivity (Wildman–Crippen MR) is 104 cm³/mol. The van der Waals surface area contributed by atoms with Crippen LogP contribution in [0.15, 0.2) is 33.7 Å². The van der Waals surface area contributed by atoms with Gasteiger partial charge in [-0.05, 0) is 24.5 Å². The van der Waals surface area contributed by atoms with Crippen LogP contribution in [0, 0.1) is 5.92 Å². The van der Waals surface area contributed by atoms with Crippen molar-refractivity contribution in [1.82, 2.24) is 9.55 Å². The van der Waals surface area contributed by atoms with E-state index in [2.05, 4.69) is 23.3 Å². The van der Waals surface area contributed by atoms with Crippen LogP contribution in [0.4, 0.5) is 5.95 Å². The molecular formula is C20H21N5O3. The van der Waals surface area contributed by atoms with Gasteiger partial charge in [-0.2, -0.15) is 0 Å². The van der Waals surface area contributed by atoms with Crippen LogP contribution in [0.2, 0.25) is 0 Å². The first-order valence-electron chi connectivity index (χ1n) is 9.69. The molecule has 0 amide bonds. The number of nitrogens with two attached hydrogens (primary N) is 1. The van der Waals surface area contributed by atoms with Crippen molar-refractivity contribution < 1.29 is 13.9 Å². The van der Waals surface area contributed by atoms with Crippen LogP contribution in [0.5, 0.6) is 11.5 Å². The van der Waals surface area contributed by atoms with E-state index in [4.69, 9.17) is 24.6 Å². The quantitative estimate of drug-likeness (QED) is 0.709. The van der Waals surface area contributed by atoms with Crippen LogP contribution in [0.1, 0.15) is 43.4 Å². The molecule has 1 fully saturated rings. The van der Waals surface area contributed by atoms with Crippen LogP contribution in [-0.2, 0) is 0 Å². The SMILES string of the molecule is C[C@@H]1C[C@H]1c1ccc([C@H]2N=C(N)Nc3nc4cc5c(cc4n32)OCCCO5)o1. The van der Waals surface area contributed by atoms with E-state index in [9.17, 15) is 0 Å². The Morgan fingerprint density at radius 3 is 2.68 bits per heavy atom. The Bertz CT molecular complexity index is 1110. The third-order valence-electron chi connectivity index (χ3n) is 5.68. The minimum atomic E-state index is -0.409. The molecular weight excluding hydrogens is 358 g/mol. The fraction of sp³-hybridized carbons (Fsp3) is 0.400. The Balaban J connectivity index is 1.48. The lowest BCUT2D eigenvalue weighted by molar-refractivity contribution is 0.297. The third kappa shape index (κ3) is 2.37. The molecule has 0 bridgehead atoms. The molecule has 0 radical (unpaired) electrons. The molecule has 0 saturated heterocycles. The number of aromatic nitrogens is 2. The molecule has 4 heterocycles. The number of aliphatic imine (C=N–C) groups is 1. The van der Waals surface area contributed by atoms with Gasteiger partial charge in [0.05, 0.1) is 24.2 Å². The number of guanidine groups is 1. The van der Waals surface area contributed by atoms with E-state index in [0.29, 0.717) is 42.7 Å². The summed E-state index contributed by atoms with van der Waals surface area (Å²) in [6.45, 7) is 3.51. The second-order valence-corrected chi connectivity index (χ2v) is 7.72. The predicted octanol–water partition coefficient (Wildman–Crippen LogP) is 3.20. The van der Waals surface area contributed by atoms with Gasteiger partial charge in [0.2, 0.25) is 5.95 Å². The lowest BCUT2D eigenvalue weighted by Crippen LogP contribution is -2.31. The Kier molecular flexibility index (Phi) is 3.21. The molecule has 1 aliphatic carbocycles. The molecule has 3 aromatic rings. The van der Waals surface area contributed by atoms with Gasteiger partial charge < -0.3 is 19.6 Å². The van der Waals surface area contributed by atoms with Crippen molar-refractivity contribution in [3.8, 4) is 11.5 Å². The van der Waals surface area contributed by atoms with E-state index in [0.717, 1.165) is 34.7 Å². The van der Waals surface area contributed by atoms with Crippen molar-refractivity contribution in [1.29, 1.82) is 0 Å². The zero-order valence-electron chi connectivity index (χ0n) is 15.5. The highest BCUT2D eigenvalue weighted by Crippen LogP contribution is 2.48. The number of rotatable bonds is 2. The molecule has 3 N–H and O–H groups in total. The Morgan fingerprint density at radius 1 is 1.14 bits per heavy atom. The number of hydrogen-bond donors (Lipinski definition) is 2. The van der Waals surface area contributed by atoms with E-state index >= 15 is 0 Å². The largest absolute Gasteiger partial charge is 0.489 e. The third-order valence-corrected chi connectivity index (χ3v) is 5.68. The van der Waals surface area contributed by atoms with Gasteiger partial charge >= 0.3 is 0 Å². The number of nitrogens with one attached hydrogen (secondary N) is 1. The summed E-state index contributed by atoms with van der Waals surface area (Å²) < 4.78 is 19.8. The van der Waals surface area contributed by atoms with Gasteiger partial charge in [-0.3, -0.25) is 9.88 Å². The number of imidazole rings is 1. The molecule has 1 aromatic carbocycles. The fourth-order valence-corrected chi connectivity index (χ4v) is 4.04. The van der Waals surface area contributed by atoms with Gasteiger partial charge in [-0.15, -0.1) is 0 Å². The molecule has 0 unspecified atom stereocenters. The first kappa shape index (κ1) is 15.9. The lowest BCUT2D eigenvalue weighted by atomic mass is 10.2. The first-order valence-corrected chi connectivity index (χ1v) is 9.69. The van der Waals surface area contributed by atoms with Crippen LogP contribution >= 0.6 is 0 Å². The average molecular weight is 379 g/mol. The molecule has 6 rings (SSSR count). The van der Waals surface area contributed by atoms with Gasteiger partial charge in [0.1, 0.15) is 11.5 Å². The Morgan fingerprint density at radius 2 is 1.89 bits per heavy atom. The molecule has 3 aliphatic rings. The maximum atomic E-state index is 6.18. The molecule has 144 valence electrons. The van der Waals surface area contributed by atoms with Crippen LogP contribution in [0.3, 0.4) is 0 Å². The number of benzene rings is 1. The van der Waals surface area contributed by atoms with Crippen LogP contribution in [0.25, 0.3) is 11.0 Å². The standard InChI is InChI=1S/C20H21N5O3/c1-10-7-11(10)14-3-4-15(28-14)18-23-19(21)24-20-22-12-8-16-17(9-13(12)25(18)20)27-6-2-5-26-16/h3-4,8-11,18H,2,5-7H2,1H3,(H3,21,22,23,24)/t10-,11-,18+/m1/s1. The van der Waals surface area contributed by atoms with Crippen LogP contribution in [-0.4, -0.2) is 28.7 Å². The van der Waals surface area contributed by atoms with Crippen LogP contribution < -0.4 is 20.5 Å². The summed E-state index contributed by atoms with van der Waals surface area (Å²) in [7, 11) is 0. The molecule has 1 saturated carbocycles. The van der Waals surface area contributed by atoms with Crippen molar-refractivity contribution in [2.75, 3.05) is 18.5 Å². The van der Waals surface area contributed by atoms with Gasteiger partial charge in [0.25, 0.3) is 0 Å². The zero-order valence-corrected chi connectivity index (χ0v) is 15.5. The molecule has 28 heavy (non-hydrogen) atoms. The van der Waals surface area contributed by atoms with Gasteiger partial charge in [0, 0.05) is 24.5 Å². The number of ether oxygens (including phenoxy) is 2. The van der Waals surface area contributed by atoms with Gasteiger partial charge in [-0.25, -0.2) is 9.98 Å². The summed E-state index contributed by atoms with van der Waals surface area (Å²) in [5.41, 5.74) is 7.73. The summed E-state index contributed by atoms with van der Waals surface area (Å²) >= 11 is 0. The zero-order chi connectivity index (χ0) is 18.8. The molecule has 8 heteroatoms. The molecule has 0 spiro atoms. The number of hydrogen-bond acceptors (Lipinski definition) is 7. The second-order valence-electron chi connectivity index (χ2n) is 7.72. The summed E-state index contributed by atoms with van der Waals surface area (Å²) in [6, 6.07) is 7.92. The maximum absolute atomic E-state index is 6.18. The molecule has 2 aliphatic heterocycles. The topological polar surface area (TPSA) is 99.8 Å². The van der Waals surface area contributed by atoms with Crippen molar-refractivity contribution in [2.24, 2.45) is 16.6 Å². The van der Waals surface area contributed by atoms with Gasteiger partial charge in [0.15, 0.2) is 23.6 Å². The van der Waals surface area contributed by atoms with E-state index in [1.807, 2.05) is 22.8 Å². The van der Waals surface area contributed by atoms with Crippen molar-refractivity contribution in [3.63, 3.8) is 0 Å². The Labute approximate surface area is 161 Å². The fourth-order valence-electron chi connectivity index (χ4n) is 4.04. The van der Waals surface area contributed by atoms with Crippen molar-refractivity contribution >= 4 is 22.9 Å². The second kappa shape index (κ2) is 5.67. The summed E-state index contributed by atoms with van der Waals surface area (Å²) in [4.78, 5) is 9.30. The average Bonchev–Trinajstić information content (AvgIpc) is 3.13. The van der Waals surface area contributed by atoms with E-state index < -0.39 is 6.17 Å². The minimum absolute atomic E-state index is 0.319. The smallest absolute Gasteiger partial charge is 0.212 e. The highest BCUT2D eigenvalue weighted by molar-refractivity contribution is 5.95. The summed E-state index contributed by atoms with van der Waals surface area (Å²) in [6.07, 6.45) is 1.62. The monoisotopic (exact) mass is 379 g/mol. The van der Waals surface area contributed by atoms with E-state index in [1.165, 1.54) is 6.42 Å². The highest BCUT2D eigenvalue weighted by Gasteiger charge is 2.37. The lowest BCUT2D eigenvalue weighted by Gasteiger charge is -2.22. The molecule has 8 nitrogen and oxygen atoms in total. The summed E-state index contributed by atoms with van der Waals surface area (Å²) in [5.74, 6) is 5.35. The number of nitrogens with zero attached hydrogens (tertiary/aromatic N) is 3. The number of anilines is 1. The normalized spacial score (nSPS) is 25.6. The molecule has 2 aromatic heterocycles. The minimum Gasteiger partial charge on any atom is -0.489 e. The number of fused-ring (bicyclic) bond motifs is 4. The Hall–Kier alpha value is -3.16. The van der Waals surface area contributed by atoms with E-state index in [-0.39, 0.29) is 0 Å².